The summed E-state index contributed by atoms with van der Waals surface area (Å²) in [5.41, 5.74) is 4.86. The Labute approximate surface area is 75.6 Å². The molecule has 0 aliphatic rings. The van der Waals surface area contributed by atoms with Crippen LogP contribution in [0.15, 0.2) is 0 Å². The van der Waals surface area contributed by atoms with E-state index < -0.39 is 17.9 Å². The van der Waals surface area contributed by atoms with E-state index in [0.717, 1.165) is 0 Å². The number of amidine groups is 1. The van der Waals surface area contributed by atoms with Crippen LogP contribution in [-0.2, 0) is 9.59 Å². The molecule has 0 bridgehead atoms. The fourth-order valence-corrected chi connectivity index (χ4v) is 0.805. The summed E-state index contributed by atoms with van der Waals surface area (Å²) in [6.07, 6.45) is 0.0954. The van der Waals surface area contributed by atoms with Crippen molar-refractivity contribution >= 4 is 17.7 Å². The molecule has 0 fully saturated rings. The number of carboxylic acid groups (broad SMARTS) is 1. The van der Waals surface area contributed by atoms with Crippen LogP contribution < -0.4 is 11.1 Å². The van der Waals surface area contributed by atoms with Crippen LogP contribution in [0.25, 0.3) is 0 Å². The summed E-state index contributed by atoms with van der Waals surface area (Å²) in [5.74, 6) is -1.58. The Kier molecular flexibility index (Phi) is 4.50. The molecule has 0 spiro atoms. The summed E-state index contributed by atoms with van der Waals surface area (Å²) < 4.78 is 0. The van der Waals surface area contributed by atoms with Gasteiger partial charge in [-0.2, -0.15) is 0 Å². The first-order valence-corrected chi connectivity index (χ1v) is 3.76. The second-order valence-corrected chi connectivity index (χ2v) is 2.67. The Bertz CT molecular complexity index is 227. The zero-order chi connectivity index (χ0) is 10.4. The number of primary amides is 1. The molecule has 0 aliphatic carbocycles. The molecule has 74 valence electrons. The third-order valence-corrected chi connectivity index (χ3v) is 1.37. The molecule has 0 radical (unpaired) electrons. The summed E-state index contributed by atoms with van der Waals surface area (Å²) in [5, 5.41) is 18.0. The SMILES string of the molecule is CC(=N)NC(CCC(N)=O)C(=O)O. The molecule has 0 saturated carbocycles. The molecule has 0 saturated heterocycles. The number of aliphatic carboxylic acids is 1. The first-order valence-electron chi connectivity index (χ1n) is 3.76. The Morgan fingerprint density at radius 1 is 1.62 bits per heavy atom. The topological polar surface area (TPSA) is 116 Å². The molecular weight excluding hydrogens is 174 g/mol. The van der Waals surface area contributed by atoms with E-state index >= 15 is 0 Å². The van der Waals surface area contributed by atoms with E-state index in [-0.39, 0.29) is 18.7 Å². The first-order chi connectivity index (χ1) is 5.93. The minimum absolute atomic E-state index is 0.00273. The number of nitrogens with one attached hydrogen (secondary N) is 2. The minimum atomic E-state index is -1.09. The van der Waals surface area contributed by atoms with E-state index in [1.165, 1.54) is 6.92 Å². The fourth-order valence-electron chi connectivity index (χ4n) is 0.805. The fraction of sp³-hybridized carbons (Fsp3) is 0.571. The van der Waals surface area contributed by atoms with E-state index in [1.807, 2.05) is 0 Å². The van der Waals surface area contributed by atoms with E-state index in [0.29, 0.717) is 0 Å². The van der Waals surface area contributed by atoms with E-state index in [4.69, 9.17) is 16.2 Å². The van der Waals surface area contributed by atoms with Crippen molar-refractivity contribution in [3.05, 3.63) is 0 Å². The Hall–Kier alpha value is -1.59. The average molecular weight is 187 g/mol. The number of hydrogen-bond acceptors (Lipinski definition) is 3. The number of carboxylic acids is 1. The molecule has 0 aromatic heterocycles. The number of rotatable bonds is 5. The van der Waals surface area contributed by atoms with Crippen LogP contribution in [0.1, 0.15) is 19.8 Å². The molecule has 0 aliphatic heterocycles. The summed E-state index contributed by atoms with van der Waals surface area (Å²) in [6, 6.07) is -0.912. The largest absolute Gasteiger partial charge is 0.480 e. The van der Waals surface area contributed by atoms with Crippen molar-refractivity contribution in [3.8, 4) is 0 Å². The smallest absolute Gasteiger partial charge is 0.326 e. The zero-order valence-electron chi connectivity index (χ0n) is 7.33. The summed E-state index contributed by atoms with van der Waals surface area (Å²) in [7, 11) is 0. The van der Waals surface area contributed by atoms with Gasteiger partial charge >= 0.3 is 5.97 Å². The van der Waals surface area contributed by atoms with Crippen molar-refractivity contribution in [2.24, 2.45) is 5.73 Å². The van der Waals surface area contributed by atoms with Crippen LogP contribution in [0.5, 0.6) is 0 Å². The monoisotopic (exact) mass is 187 g/mol. The number of carbonyl (C=O) groups excluding carboxylic acids is 1. The molecule has 1 atom stereocenters. The van der Waals surface area contributed by atoms with Crippen molar-refractivity contribution < 1.29 is 14.7 Å². The van der Waals surface area contributed by atoms with Gasteiger partial charge in [0.2, 0.25) is 5.91 Å². The molecule has 0 heterocycles. The molecule has 0 aromatic rings. The average Bonchev–Trinajstić information content (AvgIpc) is 1.96. The molecule has 6 nitrogen and oxygen atoms in total. The van der Waals surface area contributed by atoms with Crippen LogP contribution in [0, 0.1) is 5.41 Å². The molecule has 1 amide bonds. The predicted octanol–water partition coefficient (Wildman–Crippen LogP) is -0.708. The summed E-state index contributed by atoms with van der Waals surface area (Å²) in [4.78, 5) is 20.9. The van der Waals surface area contributed by atoms with Crippen molar-refractivity contribution in [3.63, 3.8) is 0 Å². The molecule has 6 heteroatoms. The van der Waals surface area contributed by atoms with Gasteiger partial charge in [-0.3, -0.25) is 10.2 Å². The number of nitrogens with two attached hydrogens (primary N) is 1. The maximum absolute atomic E-state index is 10.5. The Morgan fingerprint density at radius 2 is 2.15 bits per heavy atom. The van der Waals surface area contributed by atoms with Crippen LogP contribution in [-0.4, -0.2) is 28.9 Å². The van der Waals surface area contributed by atoms with Gasteiger partial charge in [-0.15, -0.1) is 0 Å². The normalized spacial score (nSPS) is 11.8. The second-order valence-electron chi connectivity index (χ2n) is 2.67. The zero-order valence-corrected chi connectivity index (χ0v) is 7.33. The molecular formula is C7H13N3O3. The van der Waals surface area contributed by atoms with E-state index in [2.05, 4.69) is 5.32 Å². The van der Waals surface area contributed by atoms with Gasteiger partial charge in [0, 0.05) is 6.42 Å². The lowest BCUT2D eigenvalue weighted by atomic mass is 10.1. The lowest BCUT2D eigenvalue weighted by Crippen LogP contribution is -2.39. The summed E-state index contributed by atoms with van der Waals surface area (Å²) >= 11 is 0. The van der Waals surface area contributed by atoms with Gasteiger partial charge in [-0.25, -0.2) is 4.79 Å². The standard InChI is InChI=1S/C7H13N3O3/c1-4(8)10-5(7(12)13)2-3-6(9)11/h5H,2-3H2,1H3,(H2,8,10)(H2,9,11)(H,12,13). The maximum atomic E-state index is 10.5. The summed E-state index contributed by atoms with van der Waals surface area (Å²) in [6.45, 7) is 1.43. The minimum Gasteiger partial charge on any atom is -0.480 e. The maximum Gasteiger partial charge on any atom is 0.326 e. The van der Waals surface area contributed by atoms with Crippen molar-refractivity contribution in [2.75, 3.05) is 0 Å². The highest BCUT2D eigenvalue weighted by Gasteiger charge is 2.17. The van der Waals surface area contributed by atoms with Crippen molar-refractivity contribution in [2.45, 2.75) is 25.8 Å². The van der Waals surface area contributed by atoms with Gasteiger partial charge in [0.1, 0.15) is 6.04 Å². The van der Waals surface area contributed by atoms with E-state index in [9.17, 15) is 9.59 Å². The van der Waals surface area contributed by atoms with Gasteiger partial charge in [-0.1, -0.05) is 0 Å². The van der Waals surface area contributed by atoms with Crippen molar-refractivity contribution in [1.29, 1.82) is 5.41 Å². The highest BCUT2D eigenvalue weighted by atomic mass is 16.4. The van der Waals surface area contributed by atoms with Gasteiger partial charge in [-0.05, 0) is 13.3 Å². The van der Waals surface area contributed by atoms with Crippen LogP contribution in [0.4, 0.5) is 0 Å². The number of amides is 1. The van der Waals surface area contributed by atoms with Gasteiger partial charge in [0.15, 0.2) is 0 Å². The van der Waals surface area contributed by atoms with Crippen LogP contribution >= 0.6 is 0 Å². The van der Waals surface area contributed by atoms with Crippen LogP contribution in [0.3, 0.4) is 0 Å². The highest BCUT2D eigenvalue weighted by Crippen LogP contribution is 1.96. The van der Waals surface area contributed by atoms with Crippen LogP contribution in [0.2, 0.25) is 0 Å². The Balaban J connectivity index is 4.02. The number of carbonyl (C=O) groups is 2. The molecule has 13 heavy (non-hydrogen) atoms. The number of hydrogen-bond donors (Lipinski definition) is 4. The highest BCUT2D eigenvalue weighted by molar-refractivity contribution is 5.84. The molecule has 0 aromatic carbocycles. The molecule has 0 rings (SSSR count). The second kappa shape index (κ2) is 5.13. The van der Waals surface area contributed by atoms with Gasteiger partial charge < -0.3 is 16.2 Å². The first kappa shape index (κ1) is 11.4. The molecule has 5 N–H and O–H groups in total. The quantitative estimate of drug-likeness (QED) is 0.336. The van der Waals surface area contributed by atoms with Crippen molar-refractivity contribution in [1.82, 2.24) is 5.32 Å². The van der Waals surface area contributed by atoms with Gasteiger partial charge in [0.25, 0.3) is 0 Å². The Morgan fingerprint density at radius 3 is 2.46 bits per heavy atom. The third-order valence-electron chi connectivity index (χ3n) is 1.37. The lowest BCUT2D eigenvalue weighted by Gasteiger charge is -2.12. The molecule has 1 unspecified atom stereocenters. The predicted molar refractivity (Wildman–Crippen MR) is 46.4 cm³/mol. The van der Waals surface area contributed by atoms with E-state index in [1.54, 1.807) is 0 Å². The third kappa shape index (κ3) is 5.66. The lowest BCUT2D eigenvalue weighted by molar-refractivity contribution is -0.139. The van der Waals surface area contributed by atoms with Gasteiger partial charge in [0.05, 0.1) is 5.84 Å².